The maximum absolute atomic E-state index is 14.3. The fraction of sp³-hybridized carbons (Fsp3) is 0.370. The normalized spacial score (nSPS) is 12.6. The molecule has 0 bridgehead atoms. The molecule has 3 rings (SSSR count). The molecule has 0 fully saturated rings. The summed E-state index contributed by atoms with van der Waals surface area (Å²) in [7, 11) is -1.81. The maximum atomic E-state index is 14.3. The molecule has 1 atom stereocenters. The molecule has 0 aliphatic carbocycles. The largest absolute Gasteiger partial charge is 0.450 e. The zero-order chi connectivity index (χ0) is 27.2. The molecule has 1 aromatic carbocycles. The van der Waals surface area contributed by atoms with E-state index in [1.807, 2.05) is 6.07 Å². The van der Waals surface area contributed by atoms with E-state index in [1.54, 1.807) is 36.2 Å². The summed E-state index contributed by atoms with van der Waals surface area (Å²) >= 11 is 1.61. The van der Waals surface area contributed by atoms with Crippen LogP contribution in [0.4, 0.5) is 20.4 Å². The predicted molar refractivity (Wildman–Crippen MR) is 146 cm³/mol. The van der Waals surface area contributed by atoms with Crippen LogP contribution in [-0.4, -0.2) is 30.1 Å². The fourth-order valence-corrected chi connectivity index (χ4v) is 5.01. The van der Waals surface area contributed by atoms with Crippen LogP contribution in [0, 0.1) is 23.0 Å². The lowest BCUT2D eigenvalue weighted by Gasteiger charge is -2.36. The van der Waals surface area contributed by atoms with Crippen LogP contribution >= 0.6 is 11.8 Å². The van der Waals surface area contributed by atoms with Crippen LogP contribution in [0.3, 0.4) is 0 Å². The number of halogens is 2. The Morgan fingerprint density at radius 1 is 1.08 bits per heavy atom. The van der Waals surface area contributed by atoms with Crippen molar-refractivity contribution in [3.05, 3.63) is 66.0 Å². The van der Waals surface area contributed by atoms with Crippen molar-refractivity contribution in [3.63, 3.8) is 0 Å². The summed E-state index contributed by atoms with van der Waals surface area (Å²) in [6.07, 6.45) is 3.99. The van der Waals surface area contributed by atoms with Crippen molar-refractivity contribution >= 4 is 31.7 Å². The highest BCUT2D eigenvalue weighted by atomic mass is 32.2. The van der Waals surface area contributed by atoms with Crippen LogP contribution in [0.15, 0.2) is 53.7 Å². The highest BCUT2D eigenvalue weighted by molar-refractivity contribution is 7.99. The molecule has 37 heavy (non-hydrogen) atoms. The van der Waals surface area contributed by atoms with Crippen LogP contribution in [0.5, 0.6) is 11.5 Å². The molecule has 2 heterocycles. The molecular weight excluding hydrogens is 510 g/mol. The fourth-order valence-electron chi connectivity index (χ4n) is 2.98. The van der Waals surface area contributed by atoms with Crippen LogP contribution in [0.25, 0.3) is 0 Å². The summed E-state index contributed by atoms with van der Waals surface area (Å²) in [6.45, 7) is 13.9. The van der Waals surface area contributed by atoms with E-state index in [1.165, 1.54) is 12.3 Å². The summed E-state index contributed by atoms with van der Waals surface area (Å²) in [6, 6.07) is 10.2. The molecule has 0 radical (unpaired) electrons. The van der Waals surface area contributed by atoms with Crippen molar-refractivity contribution in [1.82, 2.24) is 9.97 Å². The van der Waals surface area contributed by atoms with Crippen molar-refractivity contribution in [2.24, 2.45) is 0 Å². The second-order valence-corrected chi connectivity index (χ2v) is 16.5. The molecule has 6 nitrogen and oxygen atoms in total. The van der Waals surface area contributed by atoms with Gasteiger partial charge in [0.15, 0.2) is 31.5 Å². The Morgan fingerprint density at radius 2 is 1.84 bits per heavy atom. The molecule has 0 saturated heterocycles. The second-order valence-electron chi connectivity index (χ2n) is 10.2. The minimum absolute atomic E-state index is 0.128. The Morgan fingerprint density at radius 3 is 2.46 bits per heavy atom. The Hall–Kier alpha value is -3.00. The summed E-state index contributed by atoms with van der Waals surface area (Å²) < 4.78 is 39.9. The number of benzene rings is 1. The molecule has 0 aliphatic rings. The topological polar surface area (TPSA) is 80.1 Å². The lowest BCUT2D eigenvalue weighted by Crippen LogP contribution is -2.41. The first-order chi connectivity index (χ1) is 17.4. The molecule has 0 spiro atoms. The molecule has 1 N–H and O–H groups in total. The number of pyridine rings is 2. The number of nitrogens with one attached hydrogen (secondary N) is 1. The third-order valence-corrected chi connectivity index (χ3v) is 11.9. The third-order valence-electron chi connectivity index (χ3n) is 6.21. The maximum Gasteiger partial charge on any atom is 0.191 e. The first-order valence-corrected chi connectivity index (χ1v) is 15.7. The lowest BCUT2D eigenvalue weighted by atomic mass is 10.2. The molecule has 0 amide bonds. The molecule has 3 aromatic rings. The number of hydrogen-bond acceptors (Lipinski definition) is 7. The van der Waals surface area contributed by atoms with Crippen LogP contribution in [0.1, 0.15) is 39.7 Å². The van der Waals surface area contributed by atoms with E-state index in [9.17, 15) is 8.78 Å². The standard InChI is InChI=1S/C27H32F2N4O2SSi/c1-18(11-12-34-37(5,6)27(2,3)4)36-21-14-24(35-23-9-8-20(28)13-22(23)29)26(32-17-21)33-25-10-7-19(15-30)16-31-25/h7-10,13-14,16-18H,11-12H2,1-6H3,(H,31,32,33). The van der Waals surface area contributed by atoms with Gasteiger partial charge in [-0.15, -0.1) is 11.8 Å². The van der Waals surface area contributed by atoms with Gasteiger partial charge in [-0.05, 0) is 54.9 Å². The van der Waals surface area contributed by atoms with Gasteiger partial charge in [0.05, 0.1) is 5.56 Å². The minimum Gasteiger partial charge on any atom is -0.450 e. The van der Waals surface area contributed by atoms with Crippen molar-refractivity contribution in [3.8, 4) is 17.6 Å². The Kier molecular flexibility index (Phi) is 9.29. The zero-order valence-corrected chi connectivity index (χ0v) is 23.7. The lowest BCUT2D eigenvalue weighted by molar-refractivity contribution is 0.283. The SMILES string of the molecule is CC(CCO[Si](C)(C)C(C)(C)C)Sc1cnc(Nc2ccc(C#N)cn2)c(Oc2ccc(F)cc2F)c1. The second kappa shape index (κ2) is 12.0. The first kappa shape index (κ1) is 28.6. The van der Waals surface area contributed by atoms with Gasteiger partial charge >= 0.3 is 0 Å². The third kappa shape index (κ3) is 7.99. The Balaban J connectivity index is 1.78. The van der Waals surface area contributed by atoms with E-state index in [-0.39, 0.29) is 21.8 Å². The molecule has 10 heteroatoms. The van der Waals surface area contributed by atoms with Gasteiger partial charge in [-0.3, -0.25) is 0 Å². The van der Waals surface area contributed by atoms with Gasteiger partial charge in [-0.1, -0.05) is 27.7 Å². The number of anilines is 2. The number of aromatic nitrogens is 2. The van der Waals surface area contributed by atoms with Crippen LogP contribution in [-0.2, 0) is 4.43 Å². The van der Waals surface area contributed by atoms with Gasteiger partial charge in [0, 0.05) is 35.2 Å². The summed E-state index contributed by atoms with van der Waals surface area (Å²) in [5.41, 5.74) is 0.418. The van der Waals surface area contributed by atoms with E-state index in [0.29, 0.717) is 23.8 Å². The van der Waals surface area contributed by atoms with E-state index in [0.717, 1.165) is 23.4 Å². The monoisotopic (exact) mass is 542 g/mol. The average Bonchev–Trinajstić information content (AvgIpc) is 2.82. The number of rotatable bonds is 10. The zero-order valence-electron chi connectivity index (χ0n) is 21.9. The van der Waals surface area contributed by atoms with Crippen molar-refractivity contribution in [2.75, 3.05) is 11.9 Å². The van der Waals surface area contributed by atoms with Crippen molar-refractivity contribution in [2.45, 2.75) is 62.4 Å². The van der Waals surface area contributed by atoms with Gasteiger partial charge in [-0.25, -0.2) is 18.7 Å². The van der Waals surface area contributed by atoms with Crippen LogP contribution < -0.4 is 10.1 Å². The molecule has 196 valence electrons. The molecule has 0 saturated carbocycles. The predicted octanol–water partition coefficient (Wildman–Crippen LogP) is 8.05. The van der Waals surface area contributed by atoms with E-state index < -0.39 is 20.0 Å². The van der Waals surface area contributed by atoms with Gasteiger partial charge in [-0.2, -0.15) is 5.26 Å². The number of thioether (sulfide) groups is 1. The summed E-state index contributed by atoms with van der Waals surface area (Å²) in [4.78, 5) is 9.51. The van der Waals surface area contributed by atoms with Gasteiger partial charge in [0.1, 0.15) is 17.7 Å². The smallest absolute Gasteiger partial charge is 0.191 e. The van der Waals surface area contributed by atoms with Gasteiger partial charge in [0.25, 0.3) is 0 Å². The Labute approximate surface area is 222 Å². The number of nitriles is 1. The van der Waals surface area contributed by atoms with E-state index >= 15 is 0 Å². The average molecular weight is 543 g/mol. The van der Waals surface area contributed by atoms with Crippen molar-refractivity contribution in [1.29, 1.82) is 5.26 Å². The van der Waals surface area contributed by atoms with Crippen LogP contribution in [0.2, 0.25) is 18.1 Å². The van der Waals surface area contributed by atoms with Gasteiger partial charge < -0.3 is 14.5 Å². The quantitative estimate of drug-likeness (QED) is 0.205. The summed E-state index contributed by atoms with van der Waals surface area (Å²) in [5.74, 6) is -0.645. The highest BCUT2D eigenvalue weighted by Gasteiger charge is 2.36. The molecule has 2 aromatic heterocycles. The molecule has 0 aliphatic heterocycles. The first-order valence-electron chi connectivity index (χ1n) is 11.9. The number of ether oxygens (including phenoxy) is 1. The highest BCUT2D eigenvalue weighted by Crippen LogP contribution is 2.38. The molecular formula is C27H32F2N4O2SSi. The Bertz CT molecular complexity index is 1260. The minimum atomic E-state index is -1.81. The van der Waals surface area contributed by atoms with E-state index in [2.05, 4.69) is 56.1 Å². The van der Waals surface area contributed by atoms with E-state index in [4.69, 9.17) is 14.4 Å². The number of nitrogens with zero attached hydrogens (tertiary/aromatic N) is 3. The summed E-state index contributed by atoms with van der Waals surface area (Å²) in [5, 5.41) is 12.4. The number of hydrogen-bond donors (Lipinski definition) is 1. The van der Waals surface area contributed by atoms with Crippen molar-refractivity contribution < 1.29 is 17.9 Å². The molecule has 1 unspecified atom stereocenters. The van der Waals surface area contributed by atoms with Gasteiger partial charge in [0.2, 0.25) is 0 Å².